The fraction of sp³-hybridized carbons (Fsp3) is 0.267. The van der Waals surface area contributed by atoms with Crippen molar-refractivity contribution >= 4 is 17.6 Å². The molecule has 3 aromatic rings. The van der Waals surface area contributed by atoms with Gasteiger partial charge in [0.2, 0.25) is 5.88 Å². The predicted octanol–water partition coefficient (Wildman–Crippen LogP) is 6.75. The molecule has 2 N–H and O–H groups in total. The number of carbonyl (C=O) groups excluding carboxylic acids is 1. The highest BCUT2D eigenvalue weighted by atomic mass is 35.5. The summed E-state index contributed by atoms with van der Waals surface area (Å²) in [6.45, 7) is 2.77. The average Bonchev–Trinajstić information content (AvgIpc) is 2.92. The SMILES string of the molecule is CCCCCCOc1ccc(C2C(C#N)=C(N)Oc3cc(OC(=O)c4ccc(Cl)cc4)ccc32)cc1OC. The normalized spacial score (nSPS) is 14.2. The fourth-order valence-corrected chi connectivity index (χ4v) is 4.41. The minimum Gasteiger partial charge on any atom is -0.493 e. The summed E-state index contributed by atoms with van der Waals surface area (Å²) in [6, 6.07) is 19.2. The van der Waals surface area contributed by atoms with Gasteiger partial charge in [-0.1, -0.05) is 49.9 Å². The van der Waals surface area contributed by atoms with E-state index in [-0.39, 0.29) is 17.2 Å². The molecule has 0 aromatic heterocycles. The van der Waals surface area contributed by atoms with E-state index in [4.69, 9.17) is 36.3 Å². The zero-order chi connectivity index (χ0) is 27.1. The lowest BCUT2D eigenvalue weighted by Crippen LogP contribution is -2.21. The Kier molecular flexibility index (Phi) is 8.77. The van der Waals surface area contributed by atoms with Crippen molar-refractivity contribution in [2.24, 2.45) is 5.73 Å². The molecule has 3 aromatic carbocycles. The highest BCUT2D eigenvalue weighted by Gasteiger charge is 2.32. The molecule has 0 amide bonds. The molecule has 0 spiro atoms. The monoisotopic (exact) mass is 532 g/mol. The summed E-state index contributed by atoms with van der Waals surface area (Å²) in [7, 11) is 1.58. The van der Waals surface area contributed by atoms with E-state index in [1.165, 1.54) is 6.42 Å². The number of nitrogens with zero attached hydrogens (tertiary/aromatic N) is 1. The van der Waals surface area contributed by atoms with Crippen molar-refractivity contribution in [2.45, 2.75) is 38.5 Å². The largest absolute Gasteiger partial charge is 0.493 e. The van der Waals surface area contributed by atoms with Crippen LogP contribution in [0.1, 0.15) is 60.0 Å². The van der Waals surface area contributed by atoms with Crippen LogP contribution in [0.25, 0.3) is 0 Å². The summed E-state index contributed by atoms with van der Waals surface area (Å²) in [5.74, 6) is 0.822. The van der Waals surface area contributed by atoms with Gasteiger partial charge >= 0.3 is 5.97 Å². The molecule has 0 radical (unpaired) electrons. The zero-order valence-electron chi connectivity index (χ0n) is 21.3. The smallest absolute Gasteiger partial charge is 0.343 e. The van der Waals surface area contributed by atoms with Gasteiger partial charge in [-0.25, -0.2) is 4.79 Å². The first-order chi connectivity index (χ1) is 18.4. The van der Waals surface area contributed by atoms with Crippen LogP contribution in [0.15, 0.2) is 72.1 Å². The lowest BCUT2D eigenvalue weighted by Gasteiger charge is -2.27. The molecule has 0 saturated heterocycles. The van der Waals surface area contributed by atoms with Crippen molar-refractivity contribution in [3.63, 3.8) is 0 Å². The average molecular weight is 533 g/mol. The quantitative estimate of drug-likeness (QED) is 0.175. The first-order valence-corrected chi connectivity index (χ1v) is 12.8. The summed E-state index contributed by atoms with van der Waals surface area (Å²) in [5.41, 5.74) is 8.28. The zero-order valence-corrected chi connectivity index (χ0v) is 22.1. The second kappa shape index (κ2) is 12.4. The number of rotatable bonds is 10. The van der Waals surface area contributed by atoms with Crippen LogP contribution in [-0.4, -0.2) is 19.7 Å². The molecule has 0 aliphatic carbocycles. The molecule has 0 fully saturated rings. The molecule has 1 unspecified atom stereocenters. The second-order valence-corrected chi connectivity index (χ2v) is 9.28. The van der Waals surface area contributed by atoms with Gasteiger partial charge in [0, 0.05) is 16.7 Å². The van der Waals surface area contributed by atoms with Gasteiger partial charge in [-0.3, -0.25) is 0 Å². The molecule has 1 atom stereocenters. The van der Waals surface area contributed by atoms with Crippen LogP contribution >= 0.6 is 11.6 Å². The van der Waals surface area contributed by atoms with Crippen LogP contribution in [0.2, 0.25) is 5.02 Å². The number of halogens is 1. The minimum atomic E-state index is -0.537. The molecule has 0 bridgehead atoms. The third-order valence-corrected chi connectivity index (χ3v) is 6.51. The Hall–Kier alpha value is -4.15. The predicted molar refractivity (Wildman–Crippen MR) is 145 cm³/mol. The van der Waals surface area contributed by atoms with Crippen molar-refractivity contribution in [1.29, 1.82) is 5.26 Å². The number of ether oxygens (including phenoxy) is 4. The van der Waals surface area contributed by atoms with E-state index < -0.39 is 11.9 Å². The van der Waals surface area contributed by atoms with E-state index in [1.807, 2.05) is 18.2 Å². The summed E-state index contributed by atoms with van der Waals surface area (Å²) < 4.78 is 22.8. The number of fused-ring (bicyclic) bond motifs is 1. The molecule has 8 heteroatoms. The number of esters is 1. The Morgan fingerprint density at radius 1 is 1.05 bits per heavy atom. The number of benzene rings is 3. The molecular formula is C30H29ClN2O5. The van der Waals surface area contributed by atoms with Gasteiger partial charge < -0.3 is 24.7 Å². The molecule has 38 heavy (non-hydrogen) atoms. The second-order valence-electron chi connectivity index (χ2n) is 8.84. The number of allylic oxidation sites excluding steroid dienone is 1. The Bertz CT molecular complexity index is 1380. The lowest BCUT2D eigenvalue weighted by atomic mass is 9.83. The topological polar surface area (TPSA) is 104 Å². The fourth-order valence-electron chi connectivity index (χ4n) is 4.29. The number of hydrogen-bond donors (Lipinski definition) is 1. The number of unbranched alkanes of at least 4 members (excludes halogenated alkanes) is 3. The molecule has 0 saturated carbocycles. The first-order valence-electron chi connectivity index (χ1n) is 12.4. The van der Waals surface area contributed by atoms with Crippen molar-refractivity contribution in [2.75, 3.05) is 13.7 Å². The van der Waals surface area contributed by atoms with Gasteiger partial charge in [-0.15, -0.1) is 0 Å². The number of nitrogens with two attached hydrogens (primary N) is 1. The summed E-state index contributed by atoms with van der Waals surface area (Å²) in [6.07, 6.45) is 4.42. The van der Waals surface area contributed by atoms with Crippen LogP contribution in [0.4, 0.5) is 0 Å². The van der Waals surface area contributed by atoms with Gasteiger partial charge in [0.05, 0.1) is 25.2 Å². The van der Waals surface area contributed by atoms with Crippen molar-refractivity contribution < 1.29 is 23.7 Å². The standard InChI is InChI=1S/C30H29ClN2O5/c1-3-4-5-6-15-36-25-14-9-20(16-27(25)35-2)28-23-13-12-22(17-26(23)38-29(33)24(28)18-32)37-30(34)19-7-10-21(31)11-8-19/h7-14,16-17,28H,3-6,15,33H2,1-2H3. The molecule has 4 rings (SSSR count). The van der Waals surface area contributed by atoms with E-state index in [1.54, 1.807) is 49.6 Å². The van der Waals surface area contributed by atoms with Crippen molar-refractivity contribution in [3.05, 3.63) is 93.8 Å². The molecule has 1 aliphatic heterocycles. The molecule has 1 aliphatic rings. The van der Waals surface area contributed by atoms with Crippen LogP contribution in [-0.2, 0) is 0 Å². The highest BCUT2D eigenvalue weighted by Crippen LogP contribution is 2.45. The first kappa shape index (κ1) is 26.9. The Balaban J connectivity index is 1.60. The maximum atomic E-state index is 12.6. The van der Waals surface area contributed by atoms with Gasteiger partial charge in [0.25, 0.3) is 0 Å². The van der Waals surface area contributed by atoms with Crippen LogP contribution < -0.4 is 24.7 Å². The van der Waals surface area contributed by atoms with Crippen molar-refractivity contribution in [1.82, 2.24) is 0 Å². The van der Waals surface area contributed by atoms with E-state index in [9.17, 15) is 10.1 Å². The molecular weight excluding hydrogens is 504 g/mol. The van der Waals surface area contributed by atoms with E-state index >= 15 is 0 Å². The summed E-state index contributed by atoms with van der Waals surface area (Å²) in [4.78, 5) is 12.6. The van der Waals surface area contributed by atoms with E-state index in [0.717, 1.165) is 24.8 Å². The number of methoxy groups -OCH3 is 1. The third-order valence-electron chi connectivity index (χ3n) is 6.26. The van der Waals surface area contributed by atoms with Gasteiger partial charge in [0.1, 0.15) is 23.1 Å². The molecule has 1 heterocycles. The number of hydrogen-bond acceptors (Lipinski definition) is 7. The number of nitriles is 1. The Labute approximate surface area is 227 Å². The van der Waals surface area contributed by atoms with E-state index in [2.05, 4.69) is 13.0 Å². The minimum absolute atomic E-state index is 0.0126. The molecule has 7 nitrogen and oxygen atoms in total. The third kappa shape index (κ3) is 6.04. The highest BCUT2D eigenvalue weighted by molar-refractivity contribution is 6.30. The Morgan fingerprint density at radius 2 is 1.84 bits per heavy atom. The maximum Gasteiger partial charge on any atom is 0.343 e. The van der Waals surface area contributed by atoms with Crippen molar-refractivity contribution in [3.8, 4) is 29.1 Å². The lowest BCUT2D eigenvalue weighted by molar-refractivity contribution is 0.0734. The summed E-state index contributed by atoms with van der Waals surface area (Å²) >= 11 is 5.90. The summed E-state index contributed by atoms with van der Waals surface area (Å²) in [5, 5.41) is 10.4. The Morgan fingerprint density at radius 3 is 2.55 bits per heavy atom. The number of carbonyl (C=O) groups is 1. The van der Waals surface area contributed by atoms with Gasteiger partial charge in [-0.05, 0) is 54.4 Å². The van der Waals surface area contributed by atoms with Gasteiger partial charge in [0.15, 0.2) is 11.5 Å². The van der Waals surface area contributed by atoms with Crippen LogP contribution in [0, 0.1) is 11.3 Å². The van der Waals surface area contributed by atoms with Crippen LogP contribution in [0.5, 0.6) is 23.0 Å². The van der Waals surface area contributed by atoms with Crippen LogP contribution in [0.3, 0.4) is 0 Å². The van der Waals surface area contributed by atoms with E-state index in [0.29, 0.717) is 40.0 Å². The maximum absolute atomic E-state index is 12.6. The molecule has 196 valence electrons. The van der Waals surface area contributed by atoms with Gasteiger partial charge in [-0.2, -0.15) is 5.26 Å².